The minimum Gasteiger partial charge on any atom is -0.494 e. The molecule has 0 aliphatic rings. The highest BCUT2D eigenvalue weighted by Gasteiger charge is 1.91. The van der Waals surface area contributed by atoms with Gasteiger partial charge in [-0.1, -0.05) is 11.6 Å². The summed E-state index contributed by atoms with van der Waals surface area (Å²) in [4.78, 5) is 12.5. The Morgan fingerprint density at radius 3 is 2.67 bits per heavy atom. The standard InChI is InChI=1S/C5H4ClNO2/c6-3-1-4(8)7-5(9)2-3/h1-2H,(H2,7,8,9). The molecule has 3 nitrogen and oxygen atoms in total. The fourth-order valence-corrected chi connectivity index (χ4v) is 0.698. The highest BCUT2D eigenvalue weighted by Crippen LogP contribution is 2.08. The molecule has 0 fully saturated rings. The Hall–Kier alpha value is -0.960. The van der Waals surface area contributed by atoms with Gasteiger partial charge in [0.05, 0.1) is 5.02 Å². The Kier molecular flexibility index (Phi) is 1.44. The van der Waals surface area contributed by atoms with Crippen LogP contribution in [0.2, 0.25) is 5.02 Å². The second kappa shape index (κ2) is 2.11. The Bertz CT molecular complexity index is 245. The first-order chi connectivity index (χ1) is 4.18. The van der Waals surface area contributed by atoms with Gasteiger partial charge in [-0.15, -0.1) is 0 Å². The van der Waals surface area contributed by atoms with Crippen molar-refractivity contribution >= 4 is 11.6 Å². The highest BCUT2D eigenvalue weighted by atomic mass is 35.5. The summed E-state index contributed by atoms with van der Waals surface area (Å²) in [6.45, 7) is 0. The number of aromatic nitrogens is 1. The van der Waals surface area contributed by atoms with Crippen LogP contribution in [0.3, 0.4) is 0 Å². The molecule has 0 atom stereocenters. The third-order valence-electron chi connectivity index (χ3n) is 0.795. The summed E-state index contributed by atoms with van der Waals surface area (Å²) in [5.74, 6) is -0.215. The van der Waals surface area contributed by atoms with Crippen molar-refractivity contribution in [2.45, 2.75) is 0 Å². The van der Waals surface area contributed by atoms with Crippen LogP contribution in [-0.2, 0) is 0 Å². The quantitative estimate of drug-likeness (QED) is 0.566. The highest BCUT2D eigenvalue weighted by molar-refractivity contribution is 6.30. The Morgan fingerprint density at radius 2 is 2.22 bits per heavy atom. The third-order valence-corrected chi connectivity index (χ3v) is 1.01. The molecule has 4 heteroatoms. The lowest BCUT2D eigenvalue weighted by Crippen LogP contribution is -2.01. The molecule has 0 aliphatic carbocycles. The summed E-state index contributed by atoms with van der Waals surface area (Å²) in [7, 11) is 0. The van der Waals surface area contributed by atoms with E-state index in [2.05, 4.69) is 4.98 Å². The number of hydrogen-bond acceptors (Lipinski definition) is 2. The van der Waals surface area contributed by atoms with E-state index in [0.717, 1.165) is 0 Å². The smallest absolute Gasteiger partial charge is 0.252 e. The van der Waals surface area contributed by atoms with E-state index >= 15 is 0 Å². The first-order valence-electron chi connectivity index (χ1n) is 2.27. The van der Waals surface area contributed by atoms with Gasteiger partial charge in [-0.2, -0.15) is 0 Å². The lowest BCUT2D eigenvalue weighted by Gasteiger charge is -1.88. The number of aromatic amines is 1. The average molecular weight is 146 g/mol. The van der Waals surface area contributed by atoms with Crippen molar-refractivity contribution in [3.63, 3.8) is 0 Å². The van der Waals surface area contributed by atoms with Crippen LogP contribution >= 0.6 is 11.6 Å². The van der Waals surface area contributed by atoms with Crippen LogP contribution < -0.4 is 5.56 Å². The SMILES string of the molecule is O=c1cc(Cl)cc(O)[nH]1. The normalized spacial score (nSPS) is 9.44. The molecule has 0 unspecified atom stereocenters. The summed E-state index contributed by atoms with van der Waals surface area (Å²) >= 11 is 5.37. The second-order valence-corrected chi connectivity index (χ2v) is 1.98. The van der Waals surface area contributed by atoms with Crippen molar-refractivity contribution in [1.29, 1.82) is 0 Å². The van der Waals surface area contributed by atoms with Gasteiger partial charge in [0.25, 0.3) is 5.56 Å². The summed E-state index contributed by atoms with van der Waals surface area (Å²) < 4.78 is 0. The van der Waals surface area contributed by atoms with Crippen molar-refractivity contribution in [1.82, 2.24) is 4.98 Å². The van der Waals surface area contributed by atoms with Gasteiger partial charge in [0.2, 0.25) is 0 Å². The van der Waals surface area contributed by atoms with Crippen molar-refractivity contribution in [2.75, 3.05) is 0 Å². The fraction of sp³-hybridized carbons (Fsp3) is 0. The monoisotopic (exact) mass is 145 g/mol. The number of pyridine rings is 1. The molecule has 48 valence electrons. The zero-order valence-electron chi connectivity index (χ0n) is 4.39. The van der Waals surface area contributed by atoms with E-state index < -0.39 is 5.56 Å². The van der Waals surface area contributed by atoms with Gasteiger partial charge in [0, 0.05) is 12.1 Å². The molecule has 0 radical (unpaired) electrons. The van der Waals surface area contributed by atoms with Crippen molar-refractivity contribution in [3.05, 3.63) is 27.5 Å². The van der Waals surface area contributed by atoms with E-state index in [-0.39, 0.29) is 10.9 Å². The Labute approximate surface area is 55.9 Å². The molecular formula is C5H4ClNO2. The summed E-state index contributed by atoms with van der Waals surface area (Å²) in [6, 6.07) is 2.43. The second-order valence-electron chi connectivity index (χ2n) is 1.55. The maximum Gasteiger partial charge on any atom is 0.252 e. The van der Waals surface area contributed by atoms with Crippen LogP contribution in [0.4, 0.5) is 0 Å². The number of hydrogen-bond donors (Lipinski definition) is 2. The van der Waals surface area contributed by atoms with Crippen molar-refractivity contribution < 1.29 is 5.11 Å². The van der Waals surface area contributed by atoms with Gasteiger partial charge >= 0.3 is 0 Å². The van der Waals surface area contributed by atoms with Gasteiger partial charge in [-0.3, -0.25) is 9.78 Å². The predicted molar refractivity (Wildman–Crippen MR) is 33.7 cm³/mol. The molecule has 1 aromatic heterocycles. The van der Waals surface area contributed by atoms with Crippen LogP contribution in [-0.4, -0.2) is 10.1 Å². The number of nitrogens with one attached hydrogen (secondary N) is 1. The number of H-pyrrole nitrogens is 1. The van der Waals surface area contributed by atoms with E-state index in [1.54, 1.807) is 0 Å². The largest absolute Gasteiger partial charge is 0.494 e. The summed E-state index contributed by atoms with van der Waals surface area (Å²) in [6.07, 6.45) is 0. The summed E-state index contributed by atoms with van der Waals surface area (Å²) in [5.41, 5.74) is -0.403. The molecule has 0 bridgehead atoms. The Morgan fingerprint density at radius 1 is 1.56 bits per heavy atom. The van der Waals surface area contributed by atoms with Crippen LogP contribution in [0, 0.1) is 0 Å². The molecule has 0 saturated heterocycles. The molecule has 1 aromatic rings. The lowest BCUT2D eigenvalue weighted by atomic mass is 10.5. The molecule has 0 aliphatic heterocycles. The maximum absolute atomic E-state index is 10.4. The molecule has 1 heterocycles. The first kappa shape index (κ1) is 6.16. The van der Waals surface area contributed by atoms with E-state index in [0.29, 0.717) is 0 Å². The number of halogens is 1. The zero-order chi connectivity index (χ0) is 6.85. The van der Waals surface area contributed by atoms with E-state index in [1.165, 1.54) is 12.1 Å². The van der Waals surface area contributed by atoms with Crippen LogP contribution in [0.25, 0.3) is 0 Å². The minimum atomic E-state index is -0.403. The summed E-state index contributed by atoms with van der Waals surface area (Å²) in [5, 5.41) is 8.89. The maximum atomic E-state index is 10.4. The van der Waals surface area contributed by atoms with Gasteiger partial charge in [0.15, 0.2) is 5.88 Å². The number of aromatic hydroxyl groups is 1. The average Bonchev–Trinajstić information content (AvgIpc) is 1.59. The van der Waals surface area contributed by atoms with Gasteiger partial charge in [0.1, 0.15) is 0 Å². The van der Waals surface area contributed by atoms with E-state index in [1.807, 2.05) is 0 Å². The zero-order valence-corrected chi connectivity index (χ0v) is 5.14. The van der Waals surface area contributed by atoms with Gasteiger partial charge in [-0.25, -0.2) is 0 Å². The topological polar surface area (TPSA) is 53.1 Å². The van der Waals surface area contributed by atoms with Gasteiger partial charge in [-0.05, 0) is 0 Å². The molecule has 0 amide bonds. The molecule has 0 spiro atoms. The van der Waals surface area contributed by atoms with Crippen molar-refractivity contribution in [2.24, 2.45) is 0 Å². The van der Waals surface area contributed by atoms with Crippen LogP contribution in [0.15, 0.2) is 16.9 Å². The van der Waals surface area contributed by atoms with Gasteiger partial charge < -0.3 is 5.11 Å². The third kappa shape index (κ3) is 1.47. The van der Waals surface area contributed by atoms with Crippen LogP contribution in [0.5, 0.6) is 5.88 Å². The minimum absolute atomic E-state index is 0.215. The number of rotatable bonds is 0. The molecule has 0 aromatic carbocycles. The first-order valence-corrected chi connectivity index (χ1v) is 2.65. The fourth-order valence-electron chi connectivity index (χ4n) is 0.496. The molecular weight excluding hydrogens is 142 g/mol. The Balaban J connectivity index is 3.33. The van der Waals surface area contributed by atoms with Crippen molar-refractivity contribution in [3.8, 4) is 5.88 Å². The van der Waals surface area contributed by atoms with Crippen LogP contribution in [0.1, 0.15) is 0 Å². The predicted octanol–water partition coefficient (Wildman–Crippen LogP) is 0.734. The van der Waals surface area contributed by atoms with E-state index in [9.17, 15) is 4.79 Å². The van der Waals surface area contributed by atoms with E-state index in [4.69, 9.17) is 16.7 Å². The lowest BCUT2D eigenvalue weighted by molar-refractivity contribution is 0.452. The molecule has 9 heavy (non-hydrogen) atoms. The molecule has 2 N–H and O–H groups in total. The molecule has 0 saturated carbocycles. The molecule has 1 rings (SSSR count).